The number of amides is 2. The summed E-state index contributed by atoms with van der Waals surface area (Å²) in [5, 5.41) is 0. The number of hydrogen-bond acceptors (Lipinski definition) is 4. The van der Waals surface area contributed by atoms with E-state index in [2.05, 4.69) is 0 Å². The molecule has 0 bridgehead atoms. The van der Waals surface area contributed by atoms with Crippen LogP contribution in [-0.4, -0.2) is 36.2 Å². The molecule has 0 unspecified atom stereocenters. The fraction of sp³-hybridized carbons (Fsp3) is 0.556. The molecule has 0 saturated carbocycles. The van der Waals surface area contributed by atoms with E-state index in [0.717, 1.165) is 17.7 Å². The lowest BCUT2D eigenvalue weighted by atomic mass is 9.81. The second kappa shape index (κ2) is 6.60. The highest BCUT2D eigenvalue weighted by Gasteiger charge is 2.38. The molecule has 0 aliphatic carbocycles. The summed E-state index contributed by atoms with van der Waals surface area (Å²) in [5.74, 6) is 0.460. The van der Waals surface area contributed by atoms with Gasteiger partial charge < -0.3 is 9.47 Å². The number of likely N-dealkylation sites (tertiary alicyclic amines) is 1. The summed E-state index contributed by atoms with van der Waals surface area (Å²) in [5.41, 5.74) is 0.489. The van der Waals surface area contributed by atoms with Gasteiger partial charge in [0.05, 0.1) is 7.11 Å². The first kappa shape index (κ1) is 17.3. The second-order valence-electron chi connectivity index (χ2n) is 6.93. The number of imide groups is 1. The molecule has 0 spiro atoms. The lowest BCUT2D eigenvalue weighted by Gasteiger charge is -2.36. The summed E-state index contributed by atoms with van der Waals surface area (Å²) >= 11 is 0. The Labute approximate surface area is 137 Å². The number of nitrogens with zero attached hydrogens (tertiary/aromatic N) is 1. The summed E-state index contributed by atoms with van der Waals surface area (Å²) in [7, 11) is 1.63. The summed E-state index contributed by atoms with van der Waals surface area (Å²) in [6, 6.07) is 7.76. The first-order valence-electron chi connectivity index (χ1n) is 7.91. The van der Waals surface area contributed by atoms with E-state index in [1.165, 1.54) is 4.90 Å². The molecule has 1 fully saturated rings. The van der Waals surface area contributed by atoms with Crippen molar-refractivity contribution in [1.29, 1.82) is 0 Å². The van der Waals surface area contributed by atoms with Crippen molar-refractivity contribution < 1.29 is 19.1 Å². The highest BCUT2D eigenvalue weighted by Crippen LogP contribution is 2.34. The normalized spacial score (nSPS) is 22.0. The molecule has 2 amide bonds. The molecule has 1 saturated heterocycles. The van der Waals surface area contributed by atoms with Crippen molar-refractivity contribution in [3.05, 3.63) is 29.8 Å². The maximum atomic E-state index is 12.6. The molecule has 0 radical (unpaired) electrons. The van der Waals surface area contributed by atoms with Crippen LogP contribution in [0, 0.1) is 5.92 Å². The maximum Gasteiger partial charge on any atom is 0.417 e. The smallest absolute Gasteiger partial charge is 0.417 e. The van der Waals surface area contributed by atoms with Gasteiger partial charge in [0.25, 0.3) is 0 Å². The van der Waals surface area contributed by atoms with Crippen LogP contribution in [0.2, 0.25) is 0 Å². The van der Waals surface area contributed by atoms with Gasteiger partial charge in [0.2, 0.25) is 5.91 Å². The van der Waals surface area contributed by atoms with Gasteiger partial charge in [-0.3, -0.25) is 4.79 Å². The molecule has 1 aromatic rings. The van der Waals surface area contributed by atoms with Crippen molar-refractivity contribution in [2.75, 3.05) is 13.7 Å². The zero-order valence-electron chi connectivity index (χ0n) is 14.5. The minimum atomic E-state index is -0.604. The van der Waals surface area contributed by atoms with Crippen LogP contribution < -0.4 is 4.74 Å². The SMILES string of the molecule is COc1ccc([C@H]2CCN(C(=O)OC(C)(C)C)C(=O)[C@@H]2C)cc1. The largest absolute Gasteiger partial charge is 0.497 e. The Balaban J connectivity index is 2.10. The van der Waals surface area contributed by atoms with E-state index < -0.39 is 11.7 Å². The third-order valence-corrected chi connectivity index (χ3v) is 4.08. The van der Waals surface area contributed by atoms with Crippen LogP contribution in [0.1, 0.15) is 45.6 Å². The number of hydrogen-bond donors (Lipinski definition) is 0. The third kappa shape index (κ3) is 4.03. The predicted molar refractivity (Wildman–Crippen MR) is 87.5 cm³/mol. The fourth-order valence-electron chi connectivity index (χ4n) is 2.85. The highest BCUT2D eigenvalue weighted by molar-refractivity contribution is 5.94. The number of benzene rings is 1. The van der Waals surface area contributed by atoms with E-state index in [0.29, 0.717) is 6.54 Å². The molecule has 5 heteroatoms. The van der Waals surface area contributed by atoms with E-state index >= 15 is 0 Å². The molecule has 0 aromatic heterocycles. The van der Waals surface area contributed by atoms with Crippen molar-refractivity contribution in [1.82, 2.24) is 4.90 Å². The summed E-state index contributed by atoms with van der Waals surface area (Å²) in [6.45, 7) is 7.64. The monoisotopic (exact) mass is 319 g/mol. The molecule has 2 rings (SSSR count). The van der Waals surface area contributed by atoms with Crippen LogP contribution >= 0.6 is 0 Å². The number of rotatable bonds is 2. The molecule has 23 heavy (non-hydrogen) atoms. The zero-order chi connectivity index (χ0) is 17.2. The average Bonchev–Trinajstić information content (AvgIpc) is 2.48. The number of carbonyl (C=O) groups is 2. The van der Waals surface area contributed by atoms with Gasteiger partial charge in [0, 0.05) is 12.5 Å². The fourth-order valence-corrected chi connectivity index (χ4v) is 2.85. The molecule has 1 heterocycles. The topological polar surface area (TPSA) is 55.8 Å². The highest BCUT2D eigenvalue weighted by atomic mass is 16.6. The molecule has 5 nitrogen and oxygen atoms in total. The molecule has 1 aliphatic rings. The quantitative estimate of drug-likeness (QED) is 0.836. The second-order valence-corrected chi connectivity index (χ2v) is 6.93. The number of methoxy groups -OCH3 is 1. The van der Waals surface area contributed by atoms with Gasteiger partial charge in [-0.1, -0.05) is 19.1 Å². The molecule has 0 N–H and O–H groups in total. The van der Waals surface area contributed by atoms with Crippen molar-refractivity contribution in [3.63, 3.8) is 0 Å². The van der Waals surface area contributed by atoms with Gasteiger partial charge >= 0.3 is 6.09 Å². The Kier molecular flexibility index (Phi) is 4.97. The Morgan fingerprint density at radius 1 is 1.22 bits per heavy atom. The first-order chi connectivity index (χ1) is 10.7. The van der Waals surface area contributed by atoms with Gasteiger partial charge in [-0.05, 0) is 50.8 Å². The van der Waals surface area contributed by atoms with Gasteiger partial charge in [0.15, 0.2) is 0 Å². The lowest BCUT2D eigenvalue weighted by Crippen LogP contribution is -2.48. The number of ether oxygens (including phenoxy) is 2. The zero-order valence-corrected chi connectivity index (χ0v) is 14.5. The van der Waals surface area contributed by atoms with Crippen LogP contribution in [0.25, 0.3) is 0 Å². The molecule has 1 aromatic carbocycles. The standard InChI is InChI=1S/C18H25NO4/c1-12-15(13-6-8-14(22-5)9-7-13)10-11-19(16(12)20)17(21)23-18(2,3)4/h6-9,12,15H,10-11H2,1-5H3/t12-,15+/m1/s1. The molecular weight excluding hydrogens is 294 g/mol. The van der Waals surface area contributed by atoms with Gasteiger partial charge in [0.1, 0.15) is 11.4 Å². The molecule has 2 atom stereocenters. The van der Waals surface area contributed by atoms with E-state index in [1.54, 1.807) is 27.9 Å². The van der Waals surface area contributed by atoms with Crippen LogP contribution in [-0.2, 0) is 9.53 Å². The van der Waals surface area contributed by atoms with Gasteiger partial charge in [-0.25, -0.2) is 9.69 Å². The van der Waals surface area contributed by atoms with Crippen LogP contribution in [0.3, 0.4) is 0 Å². The van der Waals surface area contributed by atoms with Crippen molar-refractivity contribution in [2.45, 2.75) is 45.6 Å². The van der Waals surface area contributed by atoms with Crippen molar-refractivity contribution in [3.8, 4) is 5.75 Å². The summed E-state index contributed by atoms with van der Waals surface area (Å²) in [6.07, 6.45) is 0.181. The van der Waals surface area contributed by atoms with Crippen LogP contribution in [0.4, 0.5) is 4.79 Å². The first-order valence-corrected chi connectivity index (χ1v) is 7.91. The minimum Gasteiger partial charge on any atom is -0.497 e. The molecule has 126 valence electrons. The van der Waals surface area contributed by atoms with E-state index in [1.807, 2.05) is 31.2 Å². The van der Waals surface area contributed by atoms with Crippen LogP contribution in [0.15, 0.2) is 24.3 Å². The van der Waals surface area contributed by atoms with E-state index in [9.17, 15) is 9.59 Å². The molecular formula is C18H25NO4. The minimum absolute atomic E-state index is 0.104. The predicted octanol–water partition coefficient (Wildman–Crippen LogP) is 3.58. The Bertz CT molecular complexity index is 574. The van der Waals surface area contributed by atoms with Crippen molar-refractivity contribution >= 4 is 12.0 Å². The summed E-state index contributed by atoms with van der Waals surface area (Å²) < 4.78 is 10.5. The van der Waals surface area contributed by atoms with Gasteiger partial charge in [-0.2, -0.15) is 0 Å². The average molecular weight is 319 g/mol. The third-order valence-electron chi connectivity index (χ3n) is 4.08. The van der Waals surface area contributed by atoms with Crippen LogP contribution in [0.5, 0.6) is 5.75 Å². The Morgan fingerprint density at radius 3 is 2.35 bits per heavy atom. The summed E-state index contributed by atoms with van der Waals surface area (Å²) in [4.78, 5) is 26.0. The van der Waals surface area contributed by atoms with E-state index in [-0.39, 0.29) is 17.7 Å². The van der Waals surface area contributed by atoms with E-state index in [4.69, 9.17) is 9.47 Å². The maximum absolute atomic E-state index is 12.6. The van der Waals surface area contributed by atoms with Gasteiger partial charge in [-0.15, -0.1) is 0 Å². The Morgan fingerprint density at radius 2 is 1.83 bits per heavy atom. The number of carbonyl (C=O) groups excluding carboxylic acids is 2. The van der Waals surface area contributed by atoms with Crippen molar-refractivity contribution in [2.24, 2.45) is 5.92 Å². The molecule has 1 aliphatic heterocycles. The number of piperidine rings is 1. The lowest BCUT2D eigenvalue weighted by molar-refractivity contribution is -0.137. The Hall–Kier alpha value is -2.04.